The van der Waals surface area contributed by atoms with E-state index in [0.29, 0.717) is 17.8 Å². The maximum Gasteiger partial charge on any atom is 0.264 e. The zero-order chi connectivity index (χ0) is 20.9. The molecule has 29 heavy (non-hydrogen) atoms. The van der Waals surface area contributed by atoms with Gasteiger partial charge in [0, 0.05) is 12.7 Å². The van der Waals surface area contributed by atoms with Crippen molar-refractivity contribution < 1.29 is 13.2 Å². The minimum Gasteiger partial charge on any atom is -0.326 e. The molecule has 0 fully saturated rings. The lowest BCUT2D eigenvalue weighted by atomic mass is 9.95. The molecule has 1 N–H and O–H groups in total. The molecule has 0 aliphatic carbocycles. The molecule has 0 bridgehead atoms. The number of benzene rings is 3. The number of hydrogen-bond donors (Lipinski definition) is 1. The predicted molar refractivity (Wildman–Crippen MR) is 117 cm³/mol. The first-order chi connectivity index (χ1) is 13.9. The number of rotatable bonds is 7. The molecule has 0 spiro atoms. The molecular weight excluding hydrogens is 384 g/mol. The molecule has 0 saturated heterocycles. The van der Waals surface area contributed by atoms with Gasteiger partial charge in [0.05, 0.1) is 16.5 Å². The summed E-state index contributed by atoms with van der Waals surface area (Å²) in [6.45, 7) is 1.95. The smallest absolute Gasteiger partial charge is 0.264 e. The summed E-state index contributed by atoms with van der Waals surface area (Å²) in [5.74, 6) is -0.465. The van der Waals surface area contributed by atoms with E-state index in [-0.39, 0.29) is 16.7 Å². The van der Waals surface area contributed by atoms with E-state index in [1.165, 1.54) is 23.5 Å². The quantitative estimate of drug-likeness (QED) is 0.619. The summed E-state index contributed by atoms with van der Waals surface area (Å²) in [6, 6.07) is 24.7. The Morgan fingerprint density at radius 1 is 0.931 bits per heavy atom. The van der Waals surface area contributed by atoms with Crippen LogP contribution in [0.5, 0.6) is 0 Å². The van der Waals surface area contributed by atoms with Crippen molar-refractivity contribution in [2.24, 2.45) is 0 Å². The van der Waals surface area contributed by atoms with E-state index in [1.54, 1.807) is 36.4 Å². The number of carbonyl (C=O) groups is 1. The summed E-state index contributed by atoms with van der Waals surface area (Å²) in [6.07, 6.45) is 0.643. The summed E-state index contributed by atoms with van der Waals surface area (Å²) >= 11 is 0. The van der Waals surface area contributed by atoms with Crippen LogP contribution in [0.15, 0.2) is 89.8 Å². The minimum absolute atomic E-state index is 0.120. The molecule has 3 aromatic carbocycles. The molecule has 0 aromatic heterocycles. The third-order valence-corrected chi connectivity index (χ3v) is 6.59. The lowest BCUT2D eigenvalue weighted by Gasteiger charge is -2.20. The highest BCUT2D eigenvalue weighted by molar-refractivity contribution is 7.92. The molecule has 0 aliphatic heterocycles. The molecule has 1 amide bonds. The number of nitrogens with zero attached hydrogens (tertiary/aromatic N) is 1. The Kier molecular flexibility index (Phi) is 6.34. The van der Waals surface area contributed by atoms with Crippen molar-refractivity contribution in [3.8, 4) is 0 Å². The van der Waals surface area contributed by atoms with Gasteiger partial charge in [-0.15, -0.1) is 0 Å². The standard InChI is InChI=1S/C23H24N2O3S/c1-3-22(18-11-6-4-7-12-18)23(26)24-19-13-10-16-21(17-19)29(27,28)25(2)20-14-8-5-9-15-20/h4-17,22H,3H2,1-2H3,(H,24,26)/t22-/m1/s1. The average Bonchev–Trinajstić information content (AvgIpc) is 2.75. The van der Waals surface area contributed by atoms with E-state index in [2.05, 4.69) is 5.32 Å². The first-order valence-electron chi connectivity index (χ1n) is 9.43. The Balaban J connectivity index is 1.83. The number of carbonyl (C=O) groups excluding carboxylic acids is 1. The van der Waals surface area contributed by atoms with Crippen molar-refractivity contribution in [1.29, 1.82) is 0 Å². The fourth-order valence-corrected chi connectivity index (χ4v) is 4.40. The highest BCUT2D eigenvalue weighted by atomic mass is 32.2. The van der Waals surface area contributed by atoms with Gasteiger partial charge >= 0.3 is 0 Å². The lowest BCUT2D eigenvalue weighted by molar-refractivity contribution is -0.117. The number of para-hydroxylation sites is 1. The molecule has 3 aromatic rings. The third kappa shape index (κ3) is 4.66. The summed E-state index contributed by atoms with van der Waals surface area (Å²) in [5.41, 5.74) is 1.95. The first kappa shape index (κ1) is 20.6. The van der Waals surface area contributed by atoms with Gasteiger partial charge in [-0.05, 0) is 42.3 Å². The zero-order valence-corrected chi connectivity index (χ0v) is 17.3. The molecule has 0 heterocycles. The fourth-order valence-electron chi connectivity index (χ4n) is 3.16. The highest BCUT2D eigenvalue weighted by Gasteiger charge is 2.23. The molecule has 0 aliphatic rings. The number of nitrogens with one attached hydrogen (secondary N) is 1. The second-order valence-corrected chi connectivity index (χ2v) is 8.67. The Hall–Kier alpha value is -3.12. The van der Waals surface area contributed by atoms with Gasteiger partial charge in [0.2, 0.25) is 5.91 Å². The number of hydrogen-bond acceptors (Lipinski definition) is 3. The second-order valence-electron chi connectivity index (χ2n) is 6.70. The van der Waals surface area contributed by atoms with Gasteiger partial charge in [-0.2, -0.15) is 0 Å². The van der Waals surface area contributed by atoms with E-state index in [0.717, 1.165) is 5.56 Å². The van der Waals surface area contributed by atoms with E-state index < -0.39 is 10.0 Å². The number of sulfonamides is 1. The van der Waals surface area contributed by atoms with E-state index >= 15 is 0 Å². The van der Waals surface area contributed by atoms with Crippen LogP contribution in [-0.2, 0) is 14.8 Å². The maximum atomic E-state index is 13.0. The molecule has 6 heteroatoms. The third-order valence-electron chi connectivity index (χ3n) is 4.81. The van der Waals surface area contributed by atoms with E-state index in [9.17, 15) is 13.2 Å². The topological polar surface area (TPSA) is 66.5 Å². The van der Waals surface area contributed by atoms with Crippen molar-refractivity contribution in [2.45, 2.75) is 24.2 Å². The van der Waals surface area contributed by atoms with Crippen LogP contribution in [0.25, 0.3) is 0 Å². The molecule has 0 saturated carbocycles. The zero-order valence-electron chi connectivity index (χ0n) is 16.4. The monoisotopic (exact) mass is 408 g/mol. The molecule has 150 valence electrons. The normalized spacial score (nSPS) is 12.2. The van der Waals surface area contributed by atoms with Crippen LogP contribution in [0.3, 0.4) is 0 Å². The van der Waals surface area contributed by atoms with Gasteiger partial charge in [-0.1, -0.05) is 61.5 Å². The number of anilines is 2. The van der Waals surface area contributed by atoms with Crippen molar-refractivity contribution in [2.75, 3.05) is 16.7 Å². The van der Waals surface area contributed by atoms with Gasteiger partial charge in [0.15, 0.2) is 0 Å². The van der Waals surface area contributed by atoms with Crippen LogP contribution in [0.4, 0.5) is 11.4 Å². The van der Waals surface area contributed by atoms with Gasteiger partial charge in [-0.25, -0.2) is 8.42 Å². The summed E-state index contributed by atoms with van der Waals surface area (Å²) in [4.78, 5) is 12.9. The molecule has 0 unspecified atom stereocenters. The van der Waals surface area contributed by atoms with Crippen molar-refractivity contribution in [1.82, 2.24) is 0 Å². The number of amides is 1. The van der Waals surface area contributed by atoms with Gasteiger partial charge in [-0.3, -0.25) is 9.10 Å². The van der Waals surface area contributed by atoms with E-state index in [4.69, 9.17) is 0 Å². The molecule has 1 atom stereocenters. The van der Waals surface area contributed by atoms with Crippen LogP contribution in [-0.4, -0.2) is 21.4 Å². The van der Waals surface area contributed by atoms with Crippen molar-refractivity contribution >= 4 is 27.3 Å². The Bertz CT molecular complexity index is 1070. The maximum absolute atomic E-state index is 13.0. The highest BCUT2D eigenvalue weighted by Crippen LogP contribution is 2.25. The summed E-state index contributed by atoms with van der Waals surface area (Å²) < 4.78 is 27.2. The molecule has 0 radical (unpaired) electrons. The first-order valence-corrected chi connectivity index (χ1v) is 10.9. The molecular formula is C23H24N2O3S. The summed E-state index contributed by atoms with van der Waals surface area (Å²) in [7, 11) is -2.23. The Morgan fingerprint density at radius 2 is 1.55 bits per heavy atom. The largest absolute Gasteiger partial charge is 0.326 e. The van der Waals surface area contributed by atoms with Gasteiger partial charge in [0.1, 0.15) is 0 Å². The van der Waals surface area contributed by atoms with Crippen LogP contribution in [0, 0.1) is 0 Å². The van der Waals surface area contributed by atoms with Crippen LogP contribution < -0.4 is 9.62 Å². The van der Waals surface area contributed by atoms with Crippen LogP contribution in [0.1, 0.15) is 24.8 Å². The van der Waals surface area contributed by atoms with Gasteiger partial charge < -0.3 is 5.32 Å². The average molecular weight is 409 g/mol. The Labute approximate surface area is 172 Å². The second kappa shape index (κ2) is 8.92. The Morgan fingerprint density at radius 3 is 2.17 bits per heavy atom. The van der Waals surface area contributed by atoms with Crippen LogP contribution in [0.2, 0.25) is 0 Å². The summed E-state index contributed by atoms with van der Waals surface area (Å²) in [5, 5.41) is 2.86. The van der Waals surface area contributed by atoms with Gasteiger partial charge in [0.25, 0.3) is 10.0 Å². The van der Waals surface area contributed by atoms with Crippen molar-refractivity contribution in [3.05, 3.63) is 90.5 Å². The van der Waals surface area contributed by atoms with Crippen molar-refractivity contribution in [3.63, 3.8) is 0 Å². The lowest BCUT2D eigenvalue weighted by Crippen LogP contribution is -2.26. The fraction of sp³-hybridized carbons (Fsp3) is 0.174. The SMILES string of the molecule is CC[C@@H](C(=O)Nc1cccc(S(=O)(=O)N(C)c2ccccc2)c1)c1ccccc1. The predicted octanol–water partition coefficient (Wildman–Crippen LogP) is 4.64. The molecule has 5 nitrogen and oxygen atoms in total. The minimum atomic E-state index is -3.75. The van der Waals surface area contributed by atoms with Crippen LogP contribution >= 0.6 is 0 Å². The van der Waals surface area contributed by atoms with E-state index in [1.807, 2.05) is 43.3 Å². The molecule has 3 rings (SSSR count).